The minimum absolute atomic E-state index is 0.341. The van der Waals surface area contributed by atoms with Crippen LogP contribution in [0.5, 0.6) is 0 Å². The molecule has 0 amide bonds. The molecule has 0 aliphatic rings. The van der Waals surface area contributed by atoms with E-state index in [-0.39, 0.29) is 16.4 Å². The first-order valence-electron chi connectivity index (χ1n) is 3.40. The van der Waals surface area contributed by atoms with Gasteiger partial charge in [0.25, 0.3) is 5.76 Å². The molecule has 13 heavy (non-hydrogen) atoms. The van der Waals surface area contributed by atoms with Crippen molar-refractivity contribution in [3.63, 3.8) is 0 Å². The molecular formula is C8H7ClF2OS. The Morgan fingerprint density at radius 2 is 1.85 bits per heavy atom. The van der Waals surface area contributed by atoms with Crippen LogP contribution in [0.2, 0.25) is 5.02 Å². The largest absolute Gasteiger partial charge is 0.355 e. The molecule has 0 radical (unpaired) electrons. The molecule has 1 aromatic carbocycles. The van der Waals surface area contributed by atoms with Gasteiger partial charge in [-0.05, 0) is 12.1 Å². The second-order valence-corrected chi connectivity index (χ2v) is 3.75. The van der Waals surface area contributed by atoms with Crippen molar-refractivity contribution < 1.29 is 13.9 Å². The predicted octanol–water partition coefficient (Wildman–Crippen LogP) is 3.06. The molecular weight excluding hydrogens is 218 g/mol. The third-order valence-corrected chi connectivity index (χ3v) is 2.27. The van der Waals surface area contributed by atoms with E-state index in [9.17, 15) is 8.78 Å². The Kier molecular flexibility index (Phi) is 3.84. The lowest BCUT2D eigenvalue weighted by Gasteiger charge is -1.99. The lowest BCUT2D eigenvalue weighted by Crippen LogP contribution is -1.97. The second-order valence-electron chi connectivity index (χ2n) is 2.24. The van der Waals surface area contributed by atoms with Crippen molar-refractivity contribution in [1.29, 1.82) is 0 Å². The van der Waals surface area contributed by atoms with Crippen molar-refractivity contribution in [2.24, 2.45) is 0 Å². The summed E-state index contributed by atoms with van der Waals surface area (Å²) in [5.41, 5.74) is 0.367. The van der Waals surface area contributed by atoms with Gasteiger partial charge in [0, 0.05) is 10.6 Å². The van der Waals surface area contributed by atoms with Crippen molar-refractivity contribution >= 4 is 28.0 Å². The standard InChI is InChI=1S/C8H7ClF2OS/c9-6-3-1-5(2-4-6)7(12)13-8(10)11/h1-4,8,12-13H. The lowest BCUT2D eigenvalue weighted by atomic mass is 10.2. The quantitative estimate of drug-likeness (QED) is 0.584. The Morgan fingerprint density at radius 3 is 2.31 bits per heavy atom. The normalized spacial score (nSPS) is 12.8. The predicted molar refractivity (Wildman–Crippen MR) is 53.2 cm³/mol. The minimum atomic E-state index is -2.56. The number of halogens is 3. The molecule has 0 atom stereocenters. The minimum Gasteiger partial charge on any atom is -0.355 e. The Hall–Kier alpha value is -0.450. The van der Waals surface area contributed by atoms with Crippen LogP contribution in [-0.4, -0.2) is 15.9 Å². The third-order valence-electron chi connectivity index (χ3n) is 1.32. The first-order chi connectivity index (χ1) is 6.09. The summed E-state index contributed by atoms with van der Waals surface area (Å²) in [6.07, 6.45) is 0. The number of alkyl halides is 2. The Balaban J connectivity index is 2.89. The molecule has 72 valence electrons. The number of benzene rings is 1. The average molecular weight is 225 g/mol. The van der Waals surface area contributed by atoms with E-state index in [2.05, 4.69) is 0 Å². The van der Waals surface area contributed by atoms with Crippen molar-refractivity contribution in [2.45, 2.75) is 5.76 Å². The molecule has 0 aromatic heterocycles. The van der Waals surface area contributed by atoms with E-state index in [1.54, 1.807) is 0 Å². The molecule has 0 bridgehead atoms. The number of hydrogen-bond donors (Lipinski definition) is 2. The van der Waals surface area contributed by atoms with Gasteiger partial charge in [0.2, 0.25) is 0 Å². The van der Waals surface area contributed by atoms with Crippen molar-refractivity contribution in [3.8, 4) is 0 Å². The maximum Gasteiger partial charge on any atom is 0.279 e. The van der Waals surface area contributed by atoms with Crippen molar-refractivity contribution in [1.82, 2.24) is 0 Å². The Labute approximate surface area is 82.9 Å². The van der Waals surface area contributed by atoms with Gasteiger partial charge in [-0.25, -0.2) is 0 Å². The van der Waals surface area contributed by atoms with Crippen LogP contribution in [0.1, 0.15) is 5.56 Å². The zero-order chi connectivity index (χ0) is 9.84. The molecule has 0 spiro atoms. The van der Waals surface area contributed by atoms with Crippen molar-refractivity contribution in [3.05, 3.63) is 34.9 Å². The highest BCUT2D eigenvalue weighted by atomic mass is 35.5. The first-order valence-corrected chi connectivity index (χ1v) is 4.74. The second kappa shape index (κ2) is 4.69. The van der Waals surface area contributed by atoms with Crippen LogP contribution >= 0.6 is 23.0 Å². The smallest absolute Gasteiger partial charge is 0.279 e. The molecule has 0 unspecified atom stereocenters. The molecule has 0 fully saturated rings. The Morgan fingerprint density at radius 1 is 1.31 bits per heavy atom. The summed E-state index contributed by atoms with van der Waals surface area (Å²) in [6.45, 7) is 0. The summed E-state index contributed by atoms with van der Waals surface area (Å²) >= 11 is 5.20. The fourth-order valence-electron chi connectivity index (χ4n) is 0.766. The zero-order valence-electron chi connectivity index (χ0n) is 6.42. The molecule has 1 aromatic rings. The van der Waals surface area contributed by atoms with Crippen LogP contribution in [-0.2, 0) is 0 Å². The molecule has 0 saturated carbocycles. The summed E-state index contributed by atoms with van der Waals surface area (Å²) in [5.74, 6) is -2.56. The van der Waals surface area contributed by atoms with Gasteiger partial charge in [0.05, 0.1) is 0 Å². The van der Waals surface area contributed by atoms with Crippen LogP contribution in [0.15, 0.2) is 24.3 Å². The summed E-state index contributed by atoms with van der Waals surface area (Å²) in [4.78, 5) is 0. The highest BCUT2D eigenvalue weighted by molar-refractivity contribution is 7.99. The SMILES string of the molecule is OC(=[SH]C(F)F)c1ccc(Cl)cc1. The highest BCUT2D eigenvalue weighted by Gasteiger charge is 2.01. The summed E-state index contributed by atoms with van der Waals surface area (Å²) < 4.78 is 23.7. The van der Waals surface area contributed by atoms with Gasteiger partial charge in [0.1, 0.15) is 5.05 Å². The molecule has 0 aliphatic carbocycles. The maximum absolute atomic E-state index is 11.8. The van der Waals surface area contributed by atoms with Crippen LogP contribution in [0.25, 0.3) is 0 Å². The molecule has 1 nitrogen and oxygen atoms in total. The van der Waals surface area contributed by atoms with E-state index >= 15 is 0 Å². The summed E-state index contributed by atoms with van der Waals surface area (Å²) in [6, 6.07) is 6.06. The van der Waals surface area contributed by atoms with Crippen LogP contribution < -0.4 is 0 Å². The first kappa shape index (κ1) is 10.6. The van der Waals surface area contributed by atoms with Gasteiger partial charge < -0.3 is 5.11 Å². The fourth-order valence-corrected chi connectivity index (χ4v) is 1.37. The highest BCUT2D eigenvalue weighted by Crippen LogP contribution is 2.13. The molecule has 0 saturated heterocycles. The molecule has 1 rings (SSSR count). The number of hydrogen-bond acceptors (Lipinski definition) is 0. The number of thiol groups is 1. The third kappa shape index (κ3) is 3.42. The van der Waals surface area contributed by atoms with Gasteiger partial charge in [-0.15, -0.1) is 11.4 Å². The van der Waals surface area contributed by atoms with Crippen LogP contribution in [0.3, 0.4) is 0 Å². The van der Waals surface area contributed by atoms with E-state index in [4.69, 9.17) is 16.7 Å². The average Bonchev–Trinajstić information content (AvgIpc) is 2.04. The molecule has 1 N–H and O–H groups in total. The summed E-state index contributed by atoms with van der Waals surface area (Å²) in [5, 5.41) is 9.33. The van der Waals surface area contributed by atoms with Gasteiger partial charge in [0.15, 0.2) is 0 Å². The number of aliphatic hydroxyl groups excluding tert-OH is 1. The van der Waals surface area contributed by atoms with E-state index in [0.29, 0.717) is 10.6 Å². The van der Waals surface area contributed by atoms with E-state index in [1.807, 2.05) is 0 Å². The number of aliphatic hydroxyl groups is 1. The van der Waals surface area contributed by atoms with Gasteiger partial charge in [-0.1, -0.05) is 23.7 Å². The molecule has 0 aliphatic heterocycles. The molecule has 5 heteroatoms. The van der Waals surface area contributed by atoms with E-state index in [1.165, 1.54) is 24.3 Å². The number of rotatable bonds is 2. The van der Waals surface area contributed by atoms with E-state index in [0.717, 1.165) is 0 Å². The van der Waals surface area contributed by atoms with Gasteiger partial charge in [-0.3, -0.25) is 0 Å². The monoisotopic (exact) mass is 224 g/mol. The zero-order valence-corrected chi connectivity index (χ0v) is 8.07. The Bertz CT molecular complexity index is 310. The van der Waals surface area contributed by atoms with E-state index < -0.39 is 5.76 Å². The van der Waals surface area contributed by atoms with Crippen LogP contribution in [0.4, 0.5) is 8.78 Å². The van der Waals surface area contributed by atoms with Gasteiger partial charge >= 0.3 is 0 Å². The summed E-state index contributed by atoms with van der Waals surface area (Å²) in [7, 11) is 0. The van der Waals surface area contributed by atoms with Gasteiger partial charge in [-0.2, -0.15) is 8.78 Å². The van der Waals surface area contributed by atoms with Crippen LogP contribution in [0, 0.1) is 0 Å². The maximum atomic E-state index is 11.8. The topological polar surface area (TPSA) is 20.2 Å². The molecule has 0 heterocycles. The fraction of sp³-hybridized carbons (Fsp3) is 0.125. The van der Waals surface area contributed by atoms with Crippen molar-refractivity contribution in [2.75, 3.05) is 0 Å². The lowest BCUT2D eigenvalue weighted by molar-refractivity contribution is 0.254.